The third-order valence-electron chi connectivity index (χ3n) is 4.84. The molecule has 1 aliphatic heterocycles. The number of anilines is 2. The lowest BCUT2D eigenvalue weighted by Gasteiger charge is -2.36. The van der Waals surface area contributed by atoms with Gasteiger partial charge < -0.3 is 15.0 Å². The van der Waals surface area contributed by atoms with Crippen LogP contribution in [0, 0.1) is 0 Å². The Morgan fingerprint density at radius 2 is 2.08 bits per heavy atom. The van der Waals surface area contributed by atoms with E-state index >= 15 is 0 Å². The van der Waals surface area contributed by atoms with Crippen LogP contribution in [0.5, 0.6) is 5.75 Å². The number of carbonyl (C=O) groups is 1. The highest BCUT2D eigenvalue weighted by Crippen LogP contribution is 2.26. The van der Waals surface area contributed by atoms with Crippen LogP contribution in [0.3, 0.4) is 0 Å². The fourth-order valence-corrected chi connectivity index (χ4v) is 3.46. The van der Waals surface area contributed by atoms with Crippen molar-refractivity contribution in [3.8, 4) is 5.75 Å². The van der Waals surface area contributed by atoms with Crippen molar-refractivity contribution >= 4 is 17.4 Å². The first kappa shape index (κ1) is 18.2. The first-order valence-corrected chi connectivity index (χ1v) is 9.48. The van der Waals surface area contributed by atoms with Gasteiger partial charge in [-0.1, -0.05) is 19.1 Å². The molecule has 1 amide bonds. The van der Waals surface area contributed by atoms with Gasteiger partial charge in [0.1, 0.15) is 11.6 Å². The summed E-state index contributed by atoms with van der Waals surface area (Å²) in [5, 5.41) is 2.91. The zero-order chi connectivity index (χ0) is 18.4. The number of hydrogen-bond acceptors (Lipinski definition) is 4. The normalized spacial score (nSPS) is 17.0. The Kier molecular flexibility index (Phi) is 6.10. The molecule has 0 bridgehead atoms. The Morgan fingerprint density at radius 3 is 2.81 bits per heavy atom. The van der Waals surface area contributed by atoms with Crippen LogP contribution >= 0.6 is 0 Å². The van der Waals surface area contributed by atoms with Crippen LogP contribution in [0.4, 0.5) is 11.5 Å². The fourth-order valence-electron chi connectivity index (χ4n) is 3.46. The summed E-state index contributed by atoms with van der Waals surface area (Å²) in [6.07, 6.45) is 6.49. The summed E-state index contributed by atoms with van der Waals surface area (Å²) < 4.78 is 5.56. The van der Waals surface area contributed by atoms with Crippen molar-refractivity contribution in [3.63, 3.8) is 0 Å². The standard InChI is InChI=1S/C21H27N3O2/c1-3-17-9-7-8-14-24(17)20-13-12-16(15-22-20)21(25)23-18-10-5-6-11-19(18)26-4-2/h5-6,10-13,15,17H,3-4,7-9,14H2,1-2H3,(H,23,25). The highest BCUT2D eigenvalue weighted by atomic mass is 16.5. The lowest BCUT2D eigenvalue weighted by Crippen LogP contribution is -2.39. The van der Waals surface area contributed by atoms with Crippen LogP contribution in [-0.4, -0.2) is 30.1 Å². The average molecular weight is 353 g/mol. The molecule has 3 rings (SSSR count). The molecular weight excluding hydrogens is 326 g/mol. The van der Waals surface area contributed by atoms with Gasteiger partial charge in [-0.2, -0.15) is 0 Å². The molecule has 0 spiro atoms. The molecule has 1 atom stereocenters. The minimum Gasteiger partial charge on any atom is -0.492 e. The van der Waals surface area contributed by atoms with Crippen molar-refractivity contribution in [2.75, 3.05) is 23.4 Å². The van der Waals surface area contributed by atoms with Gasteiger partial charge in [-0.15, -0.1) is 0 Å². The van der Waals surface area contributed by atoms with Gasteiger partial charge in [-0.25, -0.2) is 4.98 Å². The number of para-hydroxylation sites is 2. The van der Waals surface area contributed by atoms with E-state index in [9.17, 15) is 4.79 Å². The summed E-state index contributed by atoms with van der Waals surface area (Å²) >= 11 is 0. The van der Waals surface area contributed by atoms with Gasteiger partial charge in [-0.3, -0.25) is 4.79 Å². The number of nitrogens with zero attached hydrogens (tertiary/aromatic N) is 2. The summed E-state index contributed by atoms with van der Waals surface area (Å²) in [7, 11) is 0. The zero-order valence-electron chi connectivity index (χ0n) is 15.6. The molecular formula is C21H27N3O2. The molecule has 1 aromatic carbocycles. The number of piperidine rings is 1. The average Bonchev–Trinajstić information content (AvgIpc) is 2.69. The largest absolute Gasteiger partial charge is 0.492 e. The smallest absolute Gasteiger partial charge is 0.257 e. The molecule has 1 N–H and O–H groups in total. The van der Waals surface area contributed by atoms with Gasteiger partial charge in [0.15, 0.2) is 0 Å². The number of pyridine rings is 1. The van der Waals surface area contributed by atoms with Gasteiger partial charge in [-0.05, 0) is 56.9 Å². The highest BCUT2D eigenvalue weighted by Gasteiger charge is 2.22. The molecule has 2 heterocycles. The third kappa shape index (κ3) is 4.15. The molecule has 0 saturated carbocycles. The van der Waals surface area contributed by atoms with Crippen LogP contribution < -0.4 is 15.0 Å². The number of ether oxygens (including phenoxy) is 1. The minimum atomic E-state index is -0.179. The number of carbonyl (C=O) groups excluding carboxylic acids is 1. The van der Waals surface area contributed by atoms with Gasteiger partial charge in [0.25, 0.3) is 5.91 Å². The predicted octanol–water partition coefficient (Wildman–Crippen LogP) is 4.50. The number of rotatable bonds is 6. The fraction of sp³-hybridized carbons (Fsp3) is 0.429. The maximum Gasteiger partial charge on any atom is 0.257 e. The first-order valence-electron chi connectivity index (χ1n) is 9.48. The second-order valence-corrected chi connectivity index (χ2v) is 6.54. The molecule has 0 radical (unpaired) electrons. The molecule has 1 unspecified atom stereocenters. The van der Waals surface area contributed by atoms with Crippen LogP contribution in [0.15, 0.2) is 42.6 Å². The van der Waals surface area contributed by atoms with Crippen molar-refractivity contribution in [1.29, 1.82) is 0 Å². The summed E-state index contributed by atoms with van der Waals surface area (Å²) in [6.45, 7) is 5.74. The number of aromatic nitrogens is 1. The molecule has 1 saturated heterocycles. The van der Waals surface area contributed by atoms with Crippen molar-refractivity contribution in [2.24, 2.45) is 0 Å². The summed E-state index contributed by atoms with van der Waals surface area (Å²) in [4.78, 5) is 19.5. The topological polar surface area (TPSA) is 54.5 Å². The Hall–Kier alpha value is -2.56. The van der Waals surface area contributed by atoms with Crippen LogP contribution in [0.2, 0.25) is 0 Å². The maximum atomic E-state index is 12.6. The van der Waals surface area contributed by atoms with Gasteiger partial charge in [0, 0.05) is 18.8 Å². The second kappa shape index (κ2) is 8.70. The molecule has 1 fully saturated rings. The predicted molar refractivity (Wildman–Crippen MR) is 105 cm³/mol. The highest BCUT2D eigenvalue weighted by molar-refractivity contribution is 6.04. The van der Waals surface area contributed by atoms with E-state index in [2.05, 4.69) is 22.1 Å². The molecule has 2 aromatic rings. The van der Waals surface area contributed by atoms with E-state index in [4.69, 9.17) is 4.74 Å². The molecule has 26 heavy (non-hydrogen) atoms. The molecule has 5 heteroatoms. The number of benzene rings is 1. The van der Waals surface area contributed by atoms with E-state index in [0.717, 1.165) is 18.8 Å². The van der Waals surface area contributed by atoms with Crippen molar-refractivity contribution in [2.45, 2.75) is 45.6 Å². The number of hydrogen-bond donors (Lipinski definition) is 1. The van der Waals surface area contributed by atoms with Crippen LogP contribution in [-0.2, 0) is 0 Å². The summed E-state index contributed by atoms with van der Waals surface area (Å²) in [5.74, 6) is 1.46. The van der Waals surface area contributed by atoms with Crippen LogP contribution in [0.25, 0.3) is 0 Å². The van der Waals surface area contributed by atoms with Crippen LogP contribution in [0.1, 0.15) is 49.9 Å². The van der Waals surface area contributed by atoms with Crippen molar-refractivity contribution in [1.82, 2.24) is 4.98 Å². The van der Waals surface area contributed by atoms with E-state index < -0.39 is 0 Å². The molecule has 1 aliphatic rings. The van der Waals surface area contributed by atoms with E-state index in [1.165, 1.54) is 19.3 Å². The third-order valence-corrected chi connectivity index (χ3v) is 4.84. The Morgan fingerprint density at radius 1 is 1.23 bits per heavy atom. The minimum absolute atomic E-state index is 0.179. The SMILES string of the molecule is CCOc1ccccc1NC(=O)c1ccc(N2CCCCC2CC)nc1. The first-order chi connectivity index (χ1) is 12.7. The Balaban J connectivity index is 1.71. The summed E-state index contributed by atoms with van der Waals surface area (Å²) in [5.41, 5.74) is 1.22. The lowest BCUT2D eigenvalue weighted by molar-refractivity contribution is 0.102. The Bertz CT molecular complexity index is 730. The molecule has 138 valence electrons. The second-order valence-electron chi connectivity index (χ2n) is 6.54. The van der Waals surface area contributed by atoms with Gasteiger partial charge >= 0.3 is 0 Å². The van der Waals surface area contributed by atoms with Gasteiger partial charge in [0.05, 0.1) is 17.9 Å². The molecule has 0 aliphatic carbocycles. The van der Waals surface area contributed by atoms with E-state index in [1.54, 1.807) is 6.20 Å². The zero-order valence-corrected chi connectivity index (χ0v) is 15.6. The summed E-state index contributed by atoms with van der Waals surface area (Å²) in [6, 6.07) is 11.8. The maximum absolute atomic E-state index is 12.6. The lowest BCUT2D eigenvalue weighted by atomic mass is 10.00. The monoisotopic (exact) mass is 353 g/mol. The van der Waals surface area contributed by atoms with E-state index in [1.807, 2.05) is 43.3 Å². The number of nitrogens with one attached hydrogen (secondary N) is 1. The Labute approximate surface area is 155 Å². The molecule has 5 nitrogen and oxygen atoms in total. The van der Waals surface area contributed by atoms with Gasteiger partial charge in [0.2, 0.25) is 0 Å². The van der Waals surface area contributed by atoms with Crippen molar-refractivity contribution < 1.29 is 9.53 Å². The quantitative estimate of drug-likeness (QED) is 0.831. The van der Waals surface area contributed by atoms with E-state index in [-0.39, 0.29) is 5.91 Å². The van der Waals surface area contributed by atoms with E-state index in [0.29, 0.717) is 29.6 Å². The van der Waals surface area contributed by atoms with Crippen molar-refractivity contribution in [3.05, 3.63) is 48.2 Å². The number of amides is 1. The molecule has 1 aromatic heterocycles.